The van der Waals surface area contributed by atoms with E-state index in [-0.39, 0.29) is 0 Å². The fourth-order valence-electron chi connectivity index (χ4n) is 1.65. The highest BCUT2D eigenvalue weighted by atomic mass is 16.5. The molecule has 0 heterocycles. The summed E-state index contributed by atoms with van der Waals surface area (Å²) in [4.78, 5) is 0. The minimum absolute atomic E-state index is 0.767. The van der Waals surface area contributed by atoms with Crippen molar-refractivity contribution in [2.45, 2.75) is 32.6 Å². The lowest BCUT2D eigenvalue weighted by atomic mass is 10.1. The summed E-state index contributed by atoms with van der Waals surface area (Å²) < 4.78 is 5.62. The normalized spacial score (nSPS) is 15.8. The van der Waals surface area contributed by atoms with E-state index in [1.165, 1.54) is 24.0 Å². The third-order valence-corrected chi connectivity index (χ3v) is 2.49. The van der Waals surface area contributed by atoms with Crippen molar-refractivity contribution in [2.24, 2.45) is 0 Å². The molecule has 13 heavy (non-hydrogen) atoms. The maximum absolute atomic E-state index is 5.62. The predicted molar refractivity (Wildman–Crippen MR) is 54.3 cm³/mol. The number of aryl methyl sites for hydroxylation is 1. The van der Waals surface area contributed by atoms with Gasteiger partial charge in [0.25, 0.3) is 0 Å². The van der Waals surface area contributed by atoms with E-state index in [1.54, 1.807) is 0 Å². The van der Waals surface area contributed by atoms with Crippen LogP contribution in [0.3, 0.4) is 0 Å². The van der Waals surface area contributed by atoms with E-state index < -0.39 is 0 Å². The molecule has 1 aliphatic rings. The molecule has 0 N–H and O–H groups in total. The van der Waals surface area contributed by atoms with Crippen LogP contribution in [0.25, 0.3) is 0 Å². The van der Waals surface area contributed by atoms with Gasteiger partial charge in [-0.15, -0.1) is 0 Å². The number of rotatable bonds is 3. The van der Waals surface area contributed by atoms with Gasteiger partial charge in [-0.2, -0.15) is 0 Å². The van der Waals surface area contributed by atoms with Gasteiger partial charge in [0.15, 0.2) is 0 Å². The van der Waals surface area contributed by atoms with E-state index in [0.717, 1.165) is 18.3 Å². The molecule has 0 spiro atoms. The van der Waals surface area contributed by atoms with Crippen molar-refractivity contribution in [1.29, 1.82) is 0 Å². The molecule has 1 saturated carbocycles. The molecule has 1 aliphatic carbocycles. The minimum atomic E-state index is 0.767. The van der Waals surface area contributed by atoms with Gasteiger partial charge >= 0.3 is 0 Å². The molecule has 0 bridgehead atoms. The highest BCUT2D eigenvalue weighted by Crippen LogP contribution is 2.44. The monoisotopic (exact) mass is 176 g/mol. The molecule has 1 aromatic carbocycles. The lowest BCUT2D eigenvalue weighted by Crippen LogP contribution is -1.96. The first-order valence-electron chi connectivity index (χ1n) is 5.04. The van der Waals surface area contributed by atoms with Gasteiger partial charge in [0, 0.05) is 0 Å². The zero-order valence-corrected chi connectivity index (χ0v) is 8.34. The first-order chi connectivity index (χ1) is 6.31. The van der Waals surface area contributed by atoms with Crippen LogP contribution in [0.4, 0.5) is 0 Å². The van der Waals surface area contributed by atoms with Crippen LogP contribution in [0.2, 0.25) is 0 Å². The van der Waals surface area contributed by atoms with Gasteiger partial charge in [-0.25, -0.2) is 0 Å². The Morgan fingerprint density at radius 2 is 2.15 bits per heavy atom. The molecule has 1 heteroatoms. The van der Waals surface area contributed by atoms with E-state index >= 15 is 0 Å². The molecule has 1 fully saturated rings. The van der Waals surface area contributed by atoms with Crippen molar-refractivity contribution in [3.63, 3.8) is 0 Å². The van der Waals surface area contributed by atoms with Crippen molar-refractivity contribution in [2.75, 3.05) is 6.61 Å². The van der Waals surface area contributed by atoms with Crippen molar-refractivity contribution in [3.05, 3.63) is 29.3 Å². The lowest BCUT2D eigenvalue weighted by molar-refractivity contribution is 0.336. The zero-order chi connectivity index (χ0) is 9.26. The van der Waals surface area contributed by atoms with E-state index in [0.29, 0.717) is 0 Å². The van der Waals surface area contributed by atoms with E-state index in [9.17, 15) is 0 Å². The Hall–Kier alpha value is -0.980. The number of ether oxygens (including phenoxy) is 1. The average Bonchev–Trinajstić information content (AvgIpc) is 2.88. The highest BCUT2D eigenvalue weighted by molar-refractivity contribution is 5.41. The summed E-state index contributed by atoms with van der Waals surface area (Å²) in [6, 6.07) is 6.55. The second kappa shape index (κ2) is 3.41. The van der Waals surface area contributed by atoms with Crippen molar-refractivity contribution >= 4 is 0 Å². The van der Waals surface area contributed by atoms with Gasteiger partial charge < -0.3 is 4.74 Å². The summed E-state index contributed by atoms with van der Waals surface area (Å²) >= 11 is 0. The van der Waals surface area contributed by atoms with Crippen LogP contribution in [0.5, 0.6) is 5.75 Å². The Balaban J connectivity index is 2.30. The van der Waals surface area contributed by atoms with Gasteiger partial charge in [0.2, 0.25) is 0 Å². The summed E-state index contributed by atoms with van der Waals surface area (Å²) in [7, 11) is 0. The second-order valence-corrected chi connectivity index (χ2v) is 3.75. The minimum Gasteiger partial charge on any atom is -0.494 e. The van der Waals surface area contributed by atoms with Gasteiger partial charge in [-0.1, -0.05) is 12.1 Å². The summed E-state index contributed by atoms with van der Waals surface area (Å²) in [6.07, 6.45) is 2.67. The number of hydrogen-bond donors (Lipinski definition) is 0. The van der Waals surface area contributed by atoms with Gasteiger partial charge in [-0.3, -0.25) is 0 Å². The predicted octanol–water partition coefficient (Wildman–Crippen LogP) is 3.27. The van der Waals surface area contributed by atoms with Gasteiger partial charge in [0.05, 0.1) is 6.61 Å². The first kappa shape index (κ1) is 8.61. The Bertz CT molecular complexity index is 300. The van der Waals surface area contributed by atoms with E-state index in [2.05, 4.69) is 25.1 Å². The summed E-state index contributed by atoms with van der Waals surface area (Å²) in [6.45, 7) is 4.92. The fraction of sp³-hybridized carbons (Fsp3) is 0.500. The van der Waals surface area contributed by atoms with Crippen LogP contribution >= 0.6 is 0 Å². The second-order valence-electron chi connectivity index (χ2n) is 3.75. The molecule has 1 nitrogen and oxygen atoms in total. The molecule has 0 aromatic heterocycles. The van der Waals surface area contributed by atoms with E-state index in [4.69, 9.17) is 4.74 Å². The molecule has 0 radical (unpaired) electrons. The molecule has 0 amide bonds. The molecular weight excluding hydrogens is 160 g/mol. The smallest absolute Gasteiger partial charge is 0.123 e. The molecule has 1 aromatic rings. The topological polar surface area (TPSA) is 9.23 Å². The van der Waals surface area contributed by atoms with Crippen LogP contribution in [-0.4, -0.2) is 6.61 Å². The van der Waals surface area contributed by atoms with Crippen LogP contribution in [0, 0.1) is 6.92 Å². The number of hydrogen-bond acceptors (Lipinski definition) is 1. The Labute approximate surface area is 79.7 Å². The van der Waals surface area contributed by atoms with Crippen LogP contribution in [0.15, 0.2) is 18.2 Å². The largest absolute Gasteiger partial charge is 0.494 e. The third-order valence-electron chi connectivity index (χ3n) is 2.49. The van der Waals surface area contributed by atoms with E-state index in [1.807, 2.05) is 6.92 Å². The van der Waals surface area contributed by atoms with Crippen molar-refractivity contribution < 1.29 is 4.74 Å². The third kappa shape index (κ3) is 1.85. The quantitative estimate of drug-likeness (QED) is 0.686. The first-order valence-corrected chi connectivity index (χ1v) is 5.04. The molecule has 0 atom stereocenters. The average molecular weight is 176 g/mol. The van der Waals surface area contributed by atoms with Gasteiger partial charge in [-0.05, 0) is 49.8 Å². The van der Waals surface area contributed by atoms with Crippen molar-refractivity contribution in [3.8, 4) is 5.75 Å². The van der Waals surface area contributed by atoms with Crippen LogP contribution in [0.1, 0.15) is 36.8 Å². The highest BCUT2D eigenvalue weighted by Gasteiger charge is 2.26. The maximum Gasteiger partial charge on any atom is 0.123 e. The molecule has 0 saturated heterocycles. The molecular formula is C12H16O. The molecule has 70 valence electrons. The van der Waals surface area contributed by atoms with Crippen molar-refractivity contribution in [1.82, 2.24) is 0 Å². The van der Waals surface area contributed by atoms with Gasteiger partial charge in [0.1, 0.15) is 5.75 Å². The molecule has 0 aliphatic heterocycles. The SMILES string of the molecule is CCOc1cc(C)ccc1C1CC1. The summed E-state index contributed by atoms with van der Waals surface area (Å²) in [5.74, 6) is 1.88. The standard InChI is InChI=1S/C12H16O/c1-3-13-12-8-9(2)4-7-11(12)10-5-6-10/h4,7-8,10H,3,5-6H2,1-2H3. The maximum atomic E-state index is 5.62. The molecule has 2 rings (SSSR count). The lowest BCUT2D eigenvalue weighted by Gasteiger charge is -2.09. The fourth-order valence-corrected chi connectivity index (χ4v) is 1.65. The number of benzene rings is 1. The Morgan fingerprint density at radius 3 is 2.77 bits per heavy atom. The van der Waals surface area contributed by atoms with Crippen LogP contribution in [-0.2, 0) is 0 Å². The van der Waals surface area contributed by atoms with Crippen LogP contribution < -0.4 is 4.74 Å². The summed E-state index contributed by atoms with van der Waals surface area (Å²) in [5.41, 5.74) is 2.69. The molecule has 0 unspecified atom stereocenters. The Morgan fingerprint density at radius 1 is 1.38 bits per heavy atom. The Kier molecular flexibility index (Phi) is 2.26. The zero-order valence-electron chi connectivity index (χ0n) is 8.34. The summed E-state index contributed by atoms with van der Waals surface area (Å²) in [5, 5.41) is 0.